The zero-order chi connectivity index (χ0) is 42.2. The second-order valence-corrected chi connectivity index (χ2v) is 16.8. The number of alkyl carbamates (subject to hydrolysis) is 1. The van der Waals surface area contributed by atoms with E-state index in [4.69, 9.17) is 29.4 Å². The molecule has 2 fully saturated rings. The SMILES string of the molecule is COC(=O)C[C@H](C(=O)N1CCC[C@H]1C1=Nc2cc(-c3ccc4cc(-c5cnc6nc([C@@H]7CCCN7C(=O)[C@@H](NC(=O)OC)C(C)C)[nH]c6c5)ccc4c3)cnc2C1)C(C)C. The average molecular weight is 813 g/mol. The standard InChI is InChI=1S/C46H52N8O6/c1-25(2)33(21-40(55)59-5)44(56)53-15-7-9-38(53)36-22-34-35(49-36)19-31(23-47-34)29-13-11-28-18-30(14-12-27(28)17-29)32-20-37-42(48-24-32)52-43(50-37)39-10-8-16-54(39)45(57)41(26(3)4)51-46(58)60-6/h11-14,17-20,23-26,33,38-39,41H,7-10,15-16,21-22H2,1-6H3,(H,51,58)(H,48,50,52)/t33-,38-,39-,41-/m0/s1. The maximum absolute atomic E-state index is 13.7. The molecule has 312 valence electrons. The summed E-state index contributed by atoms with van der Waals surface area (Å²) < 4.78 is 9.67. The van der Waals surface area contributed by atoms with Gasteiger partial charge in [0.2, 0.25) is 11.8 Å². The molecule has 3 aromatic heterocycles. The van der Waals surface area contributed by atoms with Crippen LogP contribution in [0.3, 0.4) is 0 Å². The van der Waals surface area contributed by atoms with Gasteiger partial charge in [0.05, 0.1) is 55.5 Å². The third-order valence-corrected chi connectivity index (χ3v) is 12.3. The van der Waals surface area contributed by atoms with Gasteiger partial charge in [-0.15, -0.1) is 0 Å². The number of hydrogen-bond acceptors (Lipinski definition) is 10. The highest BCUT2D eigenvalue weighted by Gasteiger charge is 2.40. The molecule has 14 nitrogen and oxygen atoms in total. The van der Waals surface area contributed by atoms with Gasteiger partial charge in [-0.2, -0.15) is 0 Å². The van der Waals surface area contributed by atoms with Crippen molar-refractivity contribution in [2.75, 3.05) is 27.3 Å². The van der Waals surface area contributed by atoms with Crippen LogP contribution >= 0.6 is 0 Å². The van der Waals surface area contributed by atoms with Gasteiger partial charge >= 0.3 is 12.1 Å². The number of amides is 3. The third-order valence-electron chi connectivity index (χ3n) is 12.3. The van der Waals surface area contributed by atoms with Crippen molar-refractivity contribution in [1.82, 2.24) is 35.1 Å². The Bertz CT molecular complexity index is 2510. The first-order valence-electron chi connectivity index (χ1n) is 20.9. The van der Waals surface area contributed by atoms with E-state index in [0.717, 1.165) is 81.3 Å². The van der Waals surface area contributed by atoms with Gasteiger partial charge in [0.25, 0.3) is 0 Å². The second-order valence-electron chi connectivity index (χ2n) is 16.8. The number of H-pyrrole nitrogens is 1. The molecule has 8 rings (SSSR count). The monoisotopic (exact) mass is 812 g/mol. The molecule has 6 heterocycles. The number of aromatic amines is 1. The Morgan fingerprint density at radius 2 is 1.43 bits per heavy atom. The molecule has 0 aliphatic carbocycles. The van der Waals surface area contributed by atoms with Crippen molar-refractivity contribution in [2.24, 2.45) is 22.7 Å². The van der Waals surface area contributed by atoms with Crippen LogP contribution in [0.15, 0.2) is 65.9 Å². The number of fused-ring (bicyclic) bond motifs is 3. The lowest BCUT2D eigenvalue weighted by Gasteiger charge is -2.30. The van der Waals surface area contributed by atoms with E-state index in [1.54, 1.807) is 4.90 Å². The number of benzene rings is 2. The van der Waals surface area contributed by atoms with Crippen molar-refractivity contribution in [3.05, 3.63) is 72.4 Å². The summed E-state index contributed by atoms with van der Waals surface area (Å²) in [5, 5.41) is 4.86. The van der Waals surface area contributed by atoms with Crippen LogP contribution in [0.25, 0.3) is 44.2 Å². The molecule has 0 radical (unpaired) electrons. The normalized spacial score (nSPS) is 18.6. The number of nitrogens with zero attached hydrogens (tertiary/aromatic N) is 6. The van der Waals surface area contributed by atoms with Crippen LogP contribution in [-0.2, 0) is 30.3 Å². The molecule has 5 aromatic rings. The average Bonchev–Trinajstić information content (AvgIpc) is 4.08. The zero-order valence-corrected chi connectivity index (χ0v) is 35.0. The van der Waals surface area contributed by atoms with E-state index >= 15 is 0 Å². The number of imidazole rings is 1. The van der Waals surface area contributed by atoms with Gasteiger partial charge in [-0.1, -0.05) is 52.0 Å². The Balaban J connectivity index is 0.982. The van der Waals surface area contributed by atoms with E-state index in [0.29, 0.717) is 31.0 Å². The number of rotatable bonds is 11. The molecule has 2 saturated heterocycles. The summed E-state index contributed by atoms with van der Waals surface area (Å²) in [6, 6.07) is 15.8. The third kappa shape index (κ3) is 7.94. The molecule has 14 heteroatoms. The fourth-order valence-corrected chi connectivity index (χ4v) is 8.92. The van der Waals surface area contributed by atoms with E-state index in [9.17, 15) is 19.2 Å². The van der Waals surface area contributed by atoms with Crippen molar-refractivity contribution < 1.29 is 28.7 Å². The van der Waals surface area contributed by atoms with E-state index in [2.05, 4.69) is 52.8 Å². The highest BCUT2D eigenvalue weighted by atomic mass is 16.5. The number of methoxy groups -OCH3 is 2. The first kappa shape index (κ1) is 40.6. The Hall–Kier alpha value is -6.18. The molecular formula is C46H52N8O6. The number of aliphatic imine (C=N–C) groups is 1. The van der Waals surface area contributed by atoms with Gasteiger partial charge in [-0.05, 0) is 83.7 Å². The Morgan fingerprint density at radius 3 is 2.08 bits per heavy atom. The highest BCUT2D eigenvalue weighted by molar-refractivity contribution is 6.01. The number of nitrogens with one attached hydrogen (secondary N) is 2. The lowest BCUT2D eigenvalue weighted by Crippen LogP contribution is -2.51. The fraction of sp³-hybridized carbons (Fsp3) is 0.435. The van der Waals surface area contributed by atoms with Crippen LogP contribution in [0.2, 0.25) is 0 Å². The molecule has 2 N–H and O–H groups in total. The van der Waals surface area contributed by atoms with Crippen LogP contribution in [0.1, 0.15) is 77.4 Å². The summed E-state index contributed by atoms with van der Waals surface area (Å²) in [7, 11) is 2.65. The fourth-order valence-electron chi connectivity index (χ4n) is 8.92. The molecule has 4 atom stereocenters. The first-order chi connectivity index (χ1) is 28.9. The zero-order valence-electron chi connectivity index (χ0n) is 35.0. The summed E-state index contributed by atoms with van der Waals surface area (Å²) in [5.41, 5.74) is 8.00. The number of esters is 1. The van der Waals surface area contributed by atoms with Crippen molar-refractivity contribution in [3.63, 3.8) is 0 Å². The molecule has 60 heavy (non-hydrogen) atoms. The number of likely N-dealkylation sites (tertiary alicyclic amines) is 2. The number of hydrogen-bond donors (Lipinski definition) is 2. The van der Waals surface area contributed by atoms with Gasteiger partial charge in [0, 0.05) is 48.7 Å². The minimum atomic E-state index is -0.707. The van der Waals surface area contributed by atoms with Crippen molar-refractivity contribution in [2.45, 2.75) is 84.3 Å². The first-order valence-corrected chi connectivity index (χ1v) is 20.9. The smallest absolute Gasteiger partial charge is 0.407 e. The summed E-state index contributed by atoms with van der Waals surface area (Å²) in [6.07, 6.45) is 7.08. The predicted molar refractivity (Wildman–Crippen MR) is 228 cm³/mol. The topological polar surface area (TPSA) is 172 Å². The van der Waals surface area contributed by atoms with Gasteiger partial charge in [0.1, 0.15) is 11.9 Å². The highest BCUT2D eigenvalue weighted by Crippen LogP contribution is 2.37. The maximum atomic E-state index is 13.7. The minimum Gasteiger partial charge on any atom is -0.469 e. The minimum absolute atomic E-state index is 0.00815. The van der Waals surface area contributed by atoms with E-state index in [-0.39, 0.29) is 48.1 Å². The molecule has 0 spiro atoms. The summed E-state index contributed by atoms with van der Waals surface area (Å²) >= 11 is 0. The van der Waals surface area contributed by atoms with Gasteiger partial charge in [0.15, 0.2) is 5.65 Å². The Labute approximate surface area is 349 Å². The van der Waals surface area contributed by atoms with Crippen LogP contribution < -0.4 is 5.32 Å². The summed E-state index contributed by atoms with van der Waals surface area (Å²) in [6.45, 7) is 8.97. The second kappa shape index (κ2) is 16.8. The molecule has 3 aliphatic rings. The van der Waals surface area contributed by atoms with Crippen LogP contribution in [0, 0.1) is 17.8 Å². The predicted octanol–water partition coefficient (Wildman–Crippen LogP) is 7.34. The molecular weight excluding hydrogens is 761 g/mol. The summed E-state index contributed by atoms with van der Waals surface area (Å²) in [5.74, 6) is -0.399. The van der Waals surface area contributed by atoms with Crippen molar-refractivity contribution in [1.29, 1.82) is 0 Å². The maximum Gasteiger partial charge on any atom is 0.407 e. The molecule has 0 bridgehead atoms. The number of aromatic nitrogens is 4. The molecule has 2 aromatic carbocycles. The van der Waals surface area contributed by atoms with Crippen molar-refractivity contribution in [3.8, 4) is 22.3 Å². The molecule has 3 aliphatic heterocycles. The van der Waals surface area contributed by atoms with E-state index in [1.807, 2.05) is 51.1 Å². The summed E-state index contributed by atoms with van der Waals surface area (Å²) in [4.78, 5) is 78.0. The largest absolute Gasteiger partial charge is 0.469 e. The number of ether oxygens (including phenoxy) is 2. The Kier molecular flexibility index (Phi) is 11.4. The van der Waals surface area contributed by atoms with E-state index in [1.165, 1.54) is 14.2 Å². The lowest BCUT2D eigenvalue weighted by atomic mass is 9.90. The lowest BCUT2D eigenvalue weighted by molar-refractivity contribution is -0.148. The molecule has 3 amide bonds. The number of pyridine rings is 2. The van der Waals surface area contributed by atoms with E-state index < -0.39 is 18.1 Å². The van der Waals surface area contributed by atoms with Gasteiger partial charge in [-0.25, -0.2) is 14.8 Å². The Morgan fingerprint density at radius 1 is 0.783 bits per heavy atom. The van der Waals surface area contributed by atoms with Crippen LogP contribution in [0.4, 0.5) is 10.5 Å². The van der Waals surface area contributed by atoms with Gasteiger partial charge < -0.3 is 29.6 Å². The number of carbonyl (C=O) groups excluding carboxylic acids is 4. The molecule has 0 unspecified atom stereocenters. The number of carbonyl (C=O) groups is 4. The molecule has 0 saturated carbocycles. The van der Waals surface area contributed by atoms with Crippen molar-refractivity contribution >= 4 is 57.2 Å². The van der Waals surface area contributed by atoms with Crippen LogP contribution in [0.5, 0.6) is 0 Å². The van der Waals surface area contributed by atoms with Gasteiger partial charge in [-0.3, -0.25) is 24.4 Å². The quantitative estimate of drug-likeness (QED) is 0.130. The van der Waals surface area contributed by atoms with Crippen LogP contribution in [-0.4, -0.2) is 98.7 Å².